The van der Waals surface area contributed by atoms with Crippen LogP contribution in [0.4, 0.5) is 23.1 Å². The lowest BCUT2D eigenvalue weighted by Gasteiger charge is -2.27. The van der Waals surface area contributed by atoms with Crippen molar-refractivity contribution in [2.75, 3.05) is 34.8 Å². The highest BCUT2D eigenvalue weighted by Gasteiger charge is 2.28. The van der Waals surface area contributed by atoms with Gasteiger partial charge in [0.2, 0.25) is 5.95 Å². The van der Waals surface area contributed by atoms with Gasteiger partial charge in [-0.15, -0.1) is 0 Å². The predicted molar refractivity (Wildman–Crippen MR) is 121 cm³/mol. The van der Waals surface area contributed by atoms with Crippen LogP contribution in [0.3, 0.4) is 0 Å². The number of aldehydes is 1. The number of benzene rings is 1. The molecule has 3 rings (SSSR count). The number of nitrogens with one attached hydrogen (secondary N) is 5. The van der Waals surface area contributed by atoms with Gasteiger partial charge in [0.25, 0.3) is 11.5 Å². The lowest BCUT2D eigenvalue weighted by Crippen LogP contribution is -2.43. The lowest BCUT2D eigenvalue weighted by molar-refractivity contribution is -0.145. The average Bonchev–Trinajstić information content (AvgIpc) is 2.80. The van der Waals surface area contributed by atoms with E-state index in [1.54, 1.807) is 12.1 Å². The van der Waals surface area contributed by atoms with Crippen LogP contribution in [0.25, 0.3) is 0 Å². The number of nitrogen functional groups attached to an aromatic ring is 1. The topological polar surface area (TPSA) is 229 Å². The van der Waals surface area contributed by atoms with E-state index in [2.05, 4.69) is 31.2 Å². The maximum Gasteiger partial charge on any atom is 0.326 e. The van der Waals surface area contributed by atoms with Crippen molar-refractivity contribution in [2.45, 2.75) is 18.5 Å². The summed E-state index contributed by atoms with van der Waals surface area (Å²) in [6, 6.07) is 4.44. The fourth-order valence-electron chi connectivity index (χ4n) is 3.26. The second-order valence-electron chi connectivity index (χ2n) is 7.54. The van der Waals surface area contributed by atoms with Crippen LogP contribution in [0.2, 0.25) is 0 Å². The molecule has 1 aromatic carbocycles. The first kappa shape index (κ1) is 24.0. The number of hydrogen-bond acceptors (Lipinski definition) is 10. The molecule has 2 aromatic rings. The third-order valence-corrected chi connectivity index (χ3v) is 5.08. The van der Waals surface area contributed by atoms with E-state index in [0.717, 1.165) is 0 Å². The summed E-state index contributed by atoms with van der Waals surface area (Å²) in [4.78, 5) is 64.0. The fourth-order valence-corrected chi connectivity index (χ4v) is 3.26. The number of amides is 1. The number of carbonyl (C=O) groups is 4. The third-order valence-electron chi connectivity index (χ3n) is 5.08. The molecule has 0 radical (unpaired) electrons. The molecule has 0 bridgehead atoms. The number of anilines is 4. The Balaban J connectivity index is 1.56. The molecule has 0 fully saturated rings. The van der Waals surface area contributed by atoms with Crippen molar-refractivity contribution in [1.82, 2.24) is 15.3 Å². The number of rotatable bonds is 10. The van der Waals surface area contributed by atoms with Gasteiger partial charge in [-0.25, -0.2) is 4.79 Å². The second-order valence-corrected chi connectivity index (χ2v) is 7.54. The first-order chi connectivity index (χ1) is 16.2. The number of carboxylic acid groups (broad SMARTS) is 2. The monoisotopic (exact) mass is 473 g/mol. The molecule has 2 heterocycles. The van der Waals surface area contributed by atoms with Crippen molar-refractivity contribution in [3.8, 4) is 0 Å². The Hall–Kier alpha value is -4.62. The summed E-state index contributed by atoms with van der Waals surface area (Å²) < 4.78 is 0. The highest BCUT2D eigenvalue weighted by Crippen LogP contribution is 2.20. The molecule has 1 aromatic heterocycles. The van der Waals surface area contributed by atoms with E-state index in [0.29, 0.717) is 24.6 Å². The van der Waals surface area contributed by atoms with Crippen LogP contribution in [0.5, 0.6) is 0 Å². The van der Waals surface area contributed by atoms with Crippen molar-refractivity contribution in [3.63, 3.8) is 0 Å². The summed E-state index contributed by atoms with van der Waals surface area (Å²) in [6.07, 6.45) is -0.446. The van der Waals surface area contributed by atoms with E-state index in [9.17, 15) is 29.1 Å². The number of carbonyl (C=O) groups excluding carboxylic acids is 2. The quantitative estimate of drug-likeness (QED) is 0.156. The molecular formula is C20H23N7O7. The van der Waals surface area contributed by atoms with Gasteiger partial charge in [0.15, 0.2) is 5.82 Å². The molecule has 180 valence electrons. The molecule has 1 amide bonds. The standard InChI is InChI=1S/C20H23N7O7/c21-20-26-15-14(17(30)27-20)24-12(7-23-15)6-22-11-3-1-9(2-4-11)16(29)25-13(19(33)34)5-10(8-28)18(31)32/h1-4,8,10,12-13,22,24H,5-7H2,(H,25,29)(H,31,32)(H,33,34)(H4,21,23,26,27,30)/t10?,12-,13?/m1/s1. The molecule has 0 aliphatic carbocycles. The average molecular weight is 473 g/mol. The maximum absolute atomic E-state index is 12.4. The number of carboxylic acids is 2. The minimum Gasteiger partial charge on any atom is -0.481 e. The van der Waals surface area contributed by atoms with Gasteiger partial charge in [-0.05, 0) is 30.7 Å². The van der Waals surface area contributed by atoms with Crippen LogP contribution in [-0.2, 0) is 14.4 Å². The summed E-state index contributed by atoms with van der Waals surface area (Å²) in [5.74, 6) is -4.82. The molecule has 2 unspecified atom stereocenters. The minimum atomic E-state index is -1.55. The molecule has 3 atom stereocenters. The molecule has 1 aliphatic heterocycles. The van der Waals surface area contributed by atoms with Crippen molar-refractivity contribution in [2.24, 2.45) is 5.92 Å². The molecule has 1 aliphatic rings. The van der Waals surface area contributed by atoms with Gasteiger partial charge < -0.3 is 42.0 Å². The molecule has 0 saturated carbocycles. The summed E-state index contributed by atoms with van der Waals surface area (Å²) in [7, 11) is 0. The van der Waals surface area contributed by atoms with Gasteiger partial charge in [0.1, 0.15) is 23.9 Å². The molecular weight excluding hydrogens is 450 g/mol. The number of nitrogens with zero attached hydrogens (tertiary/aromatic N) is 1. The highest BCUT2D eigenvalue weighted by atomic mass is 16.4. The summed E-state index contributed by atoms with van der Waals surface area (Å²) in [6.45, 7) is 0.899. The van der Waals surface area contributed by atoms with Gasteiger partial charge in [0.05, 0.1) is 6.04 Å². The first-order valence-electron chi connectivity index (χ1n) is 10.1. The van der Waals surface area contributed by atoms with Crippen molar-refractivity contribution >= 4 is 47.3 Å². The number of aromatic amines is 1. The minimum absolute atomic E-state index is 0.0128. The van der Waals surface area contributed by atoms with Crippen LogP contribution in [0.1, 0.15) is 16.8 Å². The number of hydrogen-bond donors (Lipinski definition) is 8. The normalized spacial score (nSPS) is 16.1. The van der Waals surface area contributed by atoms with Crippen LogP contribution in [0, 0.1) is 5.92 Å². The van der Waals surface area contributed by atoms with E-state index < -0.39 is 41.8 Å². The Morgan fingerprint density at radius 1 is 1.21 bits per heavy atom. The fraction of sp³-hybridized carbons (Fsp3) is 0.300. The van der Waals surface area contributed by atoms with E-state index >= 15 is 0 Å². The molecule has 14 heteroatoms. The third kappa shape index (κ3) is 5.79. The van der Waals surface area contributed by atoms with Gasteiger partial charge in [-0.2, -0.15) is 4.98 Å². The second kappa shape index (κ2) is 10.3. The molecule has 34 heavy (non-hydrogen) atoms. The highest BCUT2D eigenvalue weighted by molar-refractivity contribution is 5.97. The van der Waals surface area contributed by atoms with E-state index in [-0.39, 0.29) is 29.5 Å². The largest absolute Gasteiger partial charge is 0.481 e. The van der Waals surface area contributed by atoms with E-state index in [1.165, 1.54) is 12.1 Å². The smallest absolute Gasteiger partial charge is 0.326 e. The zero-order valence-corrected chi connectivity index (χ0v) is 17.7. The van der Waals surface area contributed by atoms with Crippen LogP contribution in [-0.4, -0.2) is 69.5 Å². The van der Waals surface area contributed by atoms with E-state index in [4.69, 9.17) is 10.8 Å². The van der Waals surface area contributed by atoms with Crippen molar-refractivity contribution in [3.05, 3.63) is 40.2 Å². The van der Waals surface area contributed by atoms with Gasteiger partial charge >= 0.3 is 11.9 Å². The van der Waals surface area contributed by atoms with Gasteiger partial charge in [-0.1, -0.05) is 0 Å². The van der Waals surface area contributed by atoms with Gasteiger partial charge in [-0.3, -0.25) is 19.4 Å². The van der Waals surface area contributed by atoms with Crippen LogP contribution < -0.4 is 32.6 Å². The number of fused-ring (bicyclic) bond motifs is 1. The van der Waals surface area contributed by atoms with E-state index in [1.807, 2.05) is 0 Å². The number of H-pyrrole nitrogens is 1. The zero-order chi connectivity index (χ0) is 24.8. The molecule has 14 nitrogen and oxygen atoms in total. The summed E-state index contributed by atoms with van der Waals surface area (Å²) in [5, 5.41) is 29.7. The zero-order valence-electron chi connectivity index (χ0n) is 17.7. The predicted octanol–water partition coefficient (Wildman–Crippen LogP) is -0.857. The molecule has 0 saturated heterocycles. The first-order valence-corrected chi connectivity index (χ1v) is 10.1. The summed E-state index contributed by atoms with van der Waals surface area (Å²) in [5.41, 5.74) is 6.23. The Morgan fingerprint density at radius 3 is 2.53 bits per heavy atom. The van der Waals surface area contributed by atoms with Crippen LogP contribution in [0.15, 0.2) is 29.1 Å². The maximum atomic E-state index is 12.4. The summed E-state index contributed by atoms with van der Waals surface area (Å²) >= 11 is 0. The number of aromatic nitrogens is 2. The Bertz CT molecular complexity index is 1150. The SMILES string of the molecule is Nc1nc2c(c(=O)[nH]1)N[C@H](CNc1ccc(C(=O)NC(CC(C=O)C(=O)O)C(=O)O)cc1)CN2. The van der Waals surface area contributed by atoms with Crippen LogP contribution >= 0.6 is 0 Å². The molecule has 0 spiro atoms. The molecule has 9 N–H and O–H groups in total. The Morgan fingerprint density at radius 2 is 1.91 bits per heavy atom. The van der Waals surface area contributed by atoms with Crippen molar-refractivity contribution in [1.29, 1.82) is 0 Å². The lowest BCUT2D eigenvalue weighted by atomic mass is 10.0. The van der Waals surface area contributed by atoms with Crippen molar-refractivity contribution < 1.29 is 29.4 Å². The number of nitrogens with two attached hydrogens (primary N) is 1. The Kier molecular flexibility index (Phi) is 7.30. The Labute approximate surface area is 192 Å². The van der Waals surface area contributed by atoms with Gasteiger partial charge in [0, 0.05) is 24.3 Å². The number of aliphatic carboxylic acids is 2.